The Morgan fingerprint density at radius 3 is 2.76 bits per heavy atom. The van der Waals surface area contributed by atoms with Crippen LogP contribution in [0.4, 0.5) is 5.69 Å². The topological polar surface area (TPSA) is 117 Å². The average Bonchev–Trinajstić information content (AvgIpc) is 2.79. The summed E-state index contributed by atoms with van der Waals surface area (Å²) < 4.78 is 24.1. The van der Waals surface area contributed by atoms with E-state index < -0.39 is 10.0 Å². The number of carbonyl (C=O) groups excluding carboxylic acids is 1. The third kappa shape index (κ3) is 4.47. The molecular formula is C13H18N4O3S. The van der Waals surface area contributed by atoms with Crippen molar-refractivity contribution in [1.29, 1.82) is 0 Å². The summed E-state index contributed by atoms with van der Waals surface area (Å²) in [5, 5.41) is 3.60. The lowest BCUT2D eigenvalue weighted by atomic mass is 10.2. The smallest absolute Gasteiger partial charge is 0.267 e. The maximum atomic E-state index is 11.9. The van der Waals surface area contributed by atoms with E-state index in [1.54, 1.807) is 18.2 Å². The highest BCUT2D eigenvalue weighted by Gasteiger charge is 2.09. The predicted octanol–water partition coefficient (Wildman–Crippen LogP) is 0.419. The molecule has 8 heteroatoms. The van der Waals surface area contributed by atoms with Crippen LogP contribution in [0.5, 0.6) is 0 Å². The zero-order chi connectivity index (χ0) is 15.5. The van der Waals surface area contributed by atoms with Crippen LogP contribution in [0.3, 0.4) is 0 Å². The largest absolute Gasteiger partial charge is 0.399 e. The third-order valence-electron chi connectivity index (χ3n) is 2.89. The van der Waals surface area contributed by atoms with E-state index in [9.17, 15) is 13.2 Å². The van der Waals surface area contributed by atoms with E-state index in [1.165, 1.54) is 0 Å². The fourth-order valence-corrected chi connectivity index (χ4v) is 2.43. The minimum Gasteiger partial charge on any atom is -0.399 e. The molecule has 0 fully saturated rings. The van der Waals surface area contributed by atoms with E-state index in [2.05, 4.69) is 15.0 Å². The van der Waals surface area contributed by atoms with E-state index in [0.717, 1.165) is 17.2 Å². The van der Waals surface area contributed by atoms with Crippen molar-refractivity contribution < 1.29 is 13.2 Å². The molecule has 2 rings (SSSR count). The second-order valence-electron chi connectivity index (χ2n) is 4.81. The molecule has 7 nitrogen and oxygen atoms in total. The van der Waals surface area contributed by atoms with Crippen molar-refractivity contribution in [2.24, 2.45) is 0 Å². The molecule has 114 valence electrons. The number of nitrogen functional groups attached to an aromatic ring is 1. The van der Waals surface area contributed by atoms with E-state index in [0.29, 0.717) is 30.9 Å². The number of benzene rings is 1. The summed E-state index contributed by atoms with van der Waals surface area (Å²) in [7, 11) is -3.18. The van der Waals surface area contributed by atoms with Gasteiger partial charge in [-0.3, -0.25) is 4.79 Å². The molecule has 0 saturated carbocycles. The second-order valence-corrected chi connectivity index (χ2v) is 6.64. The van der Waals surface area contributed by atoms with Gasteiger partial charge in [0.25, 0.3) is 5.91 Å². The molecule has 0 aliphatic carbocycles. The van der Waals surface area contributed by atoms with Crippen molar-refractivity contribution in [1.82, 2.24) is 15.0 Å². The van der Waals surface area contributed by atoms with Gasteiger partial charge in [-0.15, -0.1) is 0 Å². The summed E-state index contributed by atoms with van der Waals surface area (Å²) in [6.07, 6.45) is 1.62. The van der Waals surface area contributed by atoms with Gasteiger partial charge in [-0.2, -0.15) is 0 Å². The molecule has 0 bridgehead atoms. The van der Waals surface area contributed by atoms with Crippen molar-refractivity contribution in [3.63, 3.8) is 0 Å². The molecule has 0 radical (unpaired) electrons. The first-order chi connectivity index (χ1) is 9.85. The van der Waals surface area contributed by atoms with Gasteiger partial charge < -0.3 is 16.0 Å². The van der Waals surface area contributed by atoms with Gasteiger partial charge in [-0.25, -0.2) is 13.1 Å². The third-order valence-corrected chi connectivity index (χ3v) is 3.62. The Bertz CT molecular complexity index is 752. The number of aromatic nitrogens is 1. The normalized spacial score (nSPS) is 11.7. The predicted molar refractivity (Wildman–Crippen MR) is 82.5 cm³/mol. The van der Waals surface area contributed by atoms with Gasteiger partial charge in [0, 0.05) is 29.7 Å². The number of nitrogens with one attached hydrogen (secondary N) is 3. The first-order valence-corrected chi connectivity index (χ1v) is 8.35. The summed E-state index contributed by atoms with van der Waals surface area (Å²) in [5.41, 5.74) is 7.62. The van der Waals surface area contributed by atoms with Crippen LogP contribution in [0, 0.1) is 0 Å². The molecule has 0 saturated heterocycles. The maximum absolute atomic E-state index is 11.9. The Kier molecular flexibility index (Phi) is 4.49. The first kappa shape index (κ1) is 15.3. The molecule has 1 aromatic carbocycles. The van der Waals surface area contributed by atoms with Crippen molar-refractivity contribution in [3.8, 4) is 0 Å². The number of amides is 1. The minimum absolute atomic E-state index is 0.232. The Morgan fingerprint density at radius 2 is 2.05 bits per heavy atom. The Balaban J connectivity index is 1.87. The Morgan fingerprint density at radius 1 is 1.29 bits per heavy atom. The van der Waals surface area contributed by atoms with E-state index >= 15 is 0 Å². The minimum atomic E-state index is -3.18. The van der Waals surface area contributed by atoms with E-state index in [4.69, 9.17) is 5.73 Å². The van der Waals surface area contributed by atoms with Gasteiger partial charge >= 0.3 is 0 Å². The number of fused-ring (bicyclic) bond motifs is 1. The van der Waals surface area contributed by atoms with Gasteiger partial charge in [0.2, 0.25) is 10.0 Å². The van der Waals surface area contributed by atoms with Crippen LogP contribution < -0.4 is 15.8 Å². The molecule has 0 aliphatic heterocycles. The molecule has 2 aromatic rings. The van der Waals surface area contributed by atoms with Gasteiger partial charge in [0.05, 0.1) is 6.26 Å². The lowest BCUT2D eigenvalue weighted by molar-refractivity contribution is 0.0949. The number of anilines is 1. The molecule has 0 atom stereocenters. The molecular weight excluding hydrogens is 292 g/mol. The standard InChI is InChI=1S/C13H18N4O3S/c1-21(19,20)16-6-2-5-15-13(18)12-8-9-7-10(14)3-4-11(9)17-12/h3-4,7-8,16-17H,2,5-6,14H2,1H3,(H,15,18). The van der Waals surface area contributed by atoms with Gasteiger partial charge in [0.15, 0.2) is 0 Å². The lowest BCUT2D eigenvalue weighted by Gasteiger charge is -2.04. The van der Waals surface area contributed by atoms with Gasteiger partial charge in [-0.05, 0) is 30.7 Å². The fourth-order valence-electron chi connectivity index (χ4n) is 1.92. The van der Waals surface area contributed by atoms with Gasteiger partial charge in [0.1, 0.15) is 5.69 Å². The number of H-pyrrole nitrogens is 1. The number of hydrogen-bond acceptors (Lipinski definition) is 4. The maximum Gasteiger partial charge on any atom is 0.267 e. The number of rotatable bonds is 6. The average molecular weight is 310 g/mol. The van der Waals surface area contributed by atoms with Crippen molar-refractivity contribution in [3.05, 3.63) is 30.0 Å². The number of sulfonamides is 1. The summed E-state index contributed by atoms with van der Waals surface area (Å²) >= 11 is 0. The summed E-state index contributed by atoms with van der Waals surface area (Å²) in [4.78, 5) is 15.0. The first-order valence-electron chi connectivity index (χ1n) is 6.46. The summed E-state index contributed by atoms with van der Waals surface area (Å²) in [6, 6.07) is 7.10. The van der Waals surface area contributed by atoms with Crippen molar-refractivity contribution in [2.45, 2.75) is 6.42 Å². The zero-order valence-corrected chi connectivity index (χ0v) is 12.5. The van der Waals surface area contributed by atoms with Crippen LogP contribution in [0.2, 0.25) is 0 Å². The Labute approximate surface area is 123 Å². The molecule has 0 unspecified atom stereocenters. The number of hydrogen-bond donors (Lipinski definition) is 4. The lowest BCUT2D eigenvalue weighted by Crippen LogP contribution is -2.29. The molecule has 0 aliphatic rings. The second kappa shape index (κ2) is 6.15. The number of aromatic amines is 1. The molecule has 0 spiro atoms. The van der Waals surface area contributed by atoms with Crippen LogP contribution >= 0.6 is 0 Å². The summed E-state index contributed by atoms with van der Waals surface area (Å²) in [6.45, 7) is 0.682. The highest BCUT2D eigenvalue weighted by molar-refractivity contribution is 7.88. The molecule has 1 heterocycles. The van der Waals surface area contributed by atoms with Crippen LogP contribution in [-0.2, 0) is 10.0 Å². The van der Waals surface area contributed by atoms with Crippen LogP contribution in [0.25, 0.3) is 10.9 Å². The summed E-state index contributed by atoms with van der Waals surface area (Å²) in [5.74, 6) is -0.232. The highest BCUT2D eigenvalue weighted by atomic mass is 32.2. The monoisotopic (exact) mass is 310 g/mol. The zero-order valence-electron chi connectivity index (χ0n) is 11.6. The number of carbonyl (C=O) groups is 1. The number of nitrogens with two attached hydrogens (primary N) is 1. The van der Waals surface area contributed by atoms with Crippen LogP contribution in [0.15, 0.2) is 24.3 Å². The van der Waals surface area contributed by atoms with Crippen molar-refractivity contribution in [2.75, 3.05) is 25.1 Å². The van der Waals surface area contributed by atoms with E-state index in [1.807, 2.05) is 6.07 Å². The fraction of sp³-hybridized carbons (Fsp3) is 0.308. The van der Waals surface area contributed by atoms with Crippen LogP contribution in [-0.4, -0.2) is 38.7 Å². The van der Waals surface area contributed by atoms with Gasteiger partial charge in [-0.1, -0.05) is 0 Å². The molecule has 5 N–H and O–H groups in total. The SMILES string of the molecule is CS(=O)(=O)NCCCNC(=O)c1cc2cc(N)ccc2[nH]1. The Hall–Kier alpha value is -2.06. The molecule has 21 heavy (non-hydrogen) atoms. The highest BCUT2D eigenvalue weighted by Crippen LogP contribution is 2.18. The quantitative estimate of drug-likeness (QED) is 0.457. The van der Waals surface area contributed by atoms with Crippen LogP contribution in [0.1, 0.15) is 16.9 Å². The molecule has 1 amide bonds. The van der Waals surface area contributed by atoms with Crippen molar-refractivity contribution >= 4 is 32.5 Å². The van der Waals surface area contributed by atoms with E-state index in [-0.39, 0.29) is 5.91 Å². The molecule has 1 aromatic heterocycles.